The molecule has 0 saturated carbocycles. The number of phenolic OH excluding ortho intramolecular Hbond substituents is 1. The summed E-state index contributed by atoms with van der Waals surface area (Å²) in [4.78, 5) is 42.6. The first-order valence-electron chi connectivity index (χ1n) is 12.5. The molecule has 0 radical (unpaired) electrons. The van der Waals surface area contributed by atoms with Gasteiger partial charge < -0.3 is 31.1 Å². The van der Waals surface area contributed by atoms with Gasteiger partial charge in [-0.2, -0.15) is 0 Å². The van der Waals surface area contributed by atoms with E-state index in [1.165, 1.54) is 4.90 Å². The van der Waals surface area contributed by atoms with Gasteiger partial charge in [0, 0.05) is 34.4 Å². The van der Waals surface area contributed by atoms with Crippen molar-refractivity contribution in [3.05, 3.63) is 63.4 Å². The van der Waals surface area contributed by atoms with E-state index in [2.05, 4.69) is 0 Å². The van der Waals surface area contributed by atoms with Gasteiger partial charge in [0.15, 0.2) is 11.4 Å². The second kappa shape index (κ2) is 8.87. The molecule has 0 heterocycles. The SMILES string of the molecule is CN(C)Cc1ccc2c(F)c3c(c(O)c2c1)C(=O)C1=C(O)[C@]2(O)C(=O)C(C(N)=O)=C(O)[C@@H](N(C)C)[C@@H]2C[C@@H]1C3. The molecule has 3 aliphatic carbocycles. The summed E-state index contributed by atoms with van der Waals surface area (Å²) in [6.07, 6.45) is -0.213. The fraction of sp³-hybridized carbons (Fsp3) is 0.393. The lowest BCUT2D eigenvalue weighted by molar-refractivity contribution is -0.148. The van der Waals surface area contributed by atoms with Crippen LogP contribution in [-0.4, -0.2) is 87.5 Å². The number of Topliss-reactive ketones (excluding diaryl/α,β-unsaturated/α-hetero) is 2. The number of primary amides is 1. The number of halogens is 1. The maximum absolute atomic E-state index is 15.9. The Morgan fingerprint density at radius 3 is 2.38 bits per heavy atom. The fourth-order valence-corrected chi connectivity index (χ4v) is 6.58. The van der Waals surface area contributed by atoms with Crippen molar-refractivity contribution >= 4 is 28.2 Å². The number of aliphatic hydroxyl groups is 3. The predicted molar refractivity (Wildman–Crippen MR) is 139 cm³/mol. The van der Waals surface area contributed by atoms with Crippen molar-refractivity contribution in [2.45, 2.75) is 31.0 Å². The molecule has 39 heavy (non-hydrogen) atoms. The van der Waals surface area contributed by atoms with E-state index in [0.29, 0.717) is 6.54 Å². The molecule has 1 amide bonds. The summed E-state index contributed by atoms with van der Waals surface area (Å²) in [7, 11) is 6.79. The van der Waals surface area contributed by atoms with Crippen LogP contribution in [-0.2, 0) is 22.6 Å². The van der Waals surface area contributed by atoms with Crippen molar-refractivity contribution in [2.75, 3.05) is 28.2 Å². The number of nitrogens with two attached hydrogens (primary N) is 1. The van der Waals surface area contributed by atoms with Crippen LogP contribution in [0.5, 0.6) is 5.75 Å². The van der Waals surface area contributed by atoms with Crippen LogP contribution in [0.15, 0.2) is 40.9 Å². The number of hydrogen-bond donors (Lipinski definition) is 5. The third-order valence-corrected chi connectivity index (χ3v) is 8.19. The topological polar surface area (TPSA) is 165 Å². The second-order valence-corrected chi connectivity index (χ2v) is 11.1. The number of fused-ring (bicyclic) bond motifs is 4. The molecule has 0 spiro atoms. The molecular formula is C28H30FN3O7. The largest absolute Gasteiger partial charge is 0.510 e. The molecular weight excluding hydrogens is 509 g/mol. The minimum Gasteiger partial charge on any atom is -0.510 e. The quantitative estimate of drug-likeness (QED) is 0.362. The second-order valence-electron chi connectivity index (χ2n) is 11.1. The molecule has 0 saturated heterocycles. The number of benzene rings is 2. The Hall–Kier alpha value is -3.80. The molecule has 5 rings (SSSR count). The number of amides is 1. The van der Waals surface area contributed by atoms with Crippen molar-refractivity contribution in [1.29, 1.82) is 0 Å². The lowest BCUT2D eigenvalue weighted by atomic mass is 9.58. The van der Waals surface area contributed by atoms with Gasteiger partial charge in [-0.15, -0.1) is 0 Å². The van der Waals surface area contributed by atoms with Gasteiger partial charge in [-0.1, -0.05) is 12.1 Å². The molecule has 6 N–H and O–H groups in total. The maximum Gasteiger partial charge on any atom is 0.255 e. The van der Waals surface area contributed by atoms with Gasteiger partial charge in [-0.3, -0.25) is 19.3 Å². The number of aromatic hydroxyl groups is 1. The molecule has 206 valence electrons. The molecule has 0 aromatic heterocycles. The highest BCUT2D eigenvalue weighted by molar-refractivity contribution is 6.25. The summed E-state index contributed by atoms with van der Waals surface area (Å²) < 4.78 is 15.9. The van der Waals surface area contributed by atoms with E-state index < -0.39 is 69.6 Å². The maximum atomic E-state index is 15.9. The van der Waals surface area contributed by atoms with Gasteiger partial charge >= 0.3 is 0 Å². The molecule has 2 aromatic rings. The standard InChI is InChI=1S/C28H30FN3O7/c1-31(2)10-11-5-6-13-14(7-11)22(33)18-15(20(13)29)8-12-9-16-21(32(3)4)24(35)19(27(30)38)26(37)28(16,39)25(36)17(12)23(18)34/h5-7,12,16,21,33,35-36,39H,8-10H2,1-4H3,(H2,30,38)/t12-,16-,21-,28-/m0/s1. The van der Waals surface area contributed by atoms with E-state index in [4.69, 9.17) is 5.73 Å². The average molecular weight is 540 g/mol. The van der Waals surface area contributed by atoms with Gasteiger partial charge in [0.05, 0.1) is 11.6 Å². The van der Waals surface area contributed by atoms with Crippen molar-refractivity contribution in [3.63, 3.8) is 0 Å². The molecule has 0 aliphatic heterocycles. The van der Waals surface area contributed by atoms with Gasteiger partial charge in [0.1, 0.15) is 28.7 Å². The number of aliphatic hydroxyl groups excluding tert-OH is 2. The van der Waals surface area contributed by atoms with Gasteiger partial charge in [-0.25, -0.2) is 4.39 Å². The first-order chi connectivity index (χ1) is 18.2. The van der Waals surface area contributed by atoms with Crippen LogP contribution >= 0.6 is 0 Å². The Balaban J connectivity index is 1.73. The summed E-state index contributed by atoms with van der Waals surface area (Å²) >= 11 is 0. The van der Waals surface area contributed by atoms with Crippen molar-refractivity contribution in [3.8, 4) is 5.75 Å². The number of nitrogens with zero attached hydrogens (tertiary/aromatic N) is 2. The summed E-state index contributed by atoms with van der Waals surface area (Å²) in [5.74, 6) is -8.32. The zero-order valence-electron chi connectivity index (χ0n) is 21.9. The first-order valence-corrected chi connectivity index (χ1v) is 12.5. The number of ketones is 2. The third kappa shape index (κ3) is 3.60. The lowest BCUT2D eigenvalue weighted by Crippen LogP contribution is -2.63. The van der Waals surface area contributed by atoms with Crippen LogP contribution in [0.2, 0.25) is 0 Å². The van der Waals surface area contributed by atoms with E-state index in [1.807, 2.05) is 19.0 Å². The minimum absolute atomic E-state index is 0.0292. The molecule has 11 heteroatoms. The highest BCUT2D eigenvalue weighted by atomic mass is 19.1. The summed E-state index contributed by atoms with van der Waals surface area (Å²) in [6, 6.07) is 3.76. The Morgan fingerprint density at radius 1 is 1.13 bits per heavy atom. The molecule has 3 aliphatic rings. The molecule has 0 bridgehead atoms. The van der Waals surface area contributed by atoms with E-state index in [-0.39, 0.29) is 40.3 Å². The lowest BCUT2D eigenvalue weighted by Gasteiger charge is -2.50. The fourth-order valence-electron chi connectivity index (χ4n) is 6.58. The van der Waals surface area contributed by atoms with Crippen LogP contribution in [0.3, 0.4) is 0 Å². The Labute approximate surface area is 223 Å². The Morgan fingerprint density at radius 2 is 1.79 bits per heavy atom. The van der Waals surface area contributed by atoms with Crippen molar-refractivity contribution in [1.82, 2.24) is 9.80 Å². The average Bonchev–Trinajstić information content (AvgIpc) is 2.83. The number of likely N-dealkylation sites (N-methyl/N-ethyl adjacent to an activating group) is 1. The molecule has 0 fully saturated rings. The van der Waals surface area contributed by atoms with Crippen molar-refractivity contribution < 1.29 is 39.2 Å². The first kappa shape index (κ1) is 26.8. The molecule has 2 aromatic carbocycles. The molecule has 4 atom stereocenters. The van der Waals surface area contributed by atoms with Gasteiger partial charge in [-0.05, 0) is 58.6 Å². The minimum atomic E-state index is -2.74. The van der Waals surface area contributed by atoms with Crippen molar-refractivity contribution in [2.24, 2.45) is 17.6 Å². The highest BCUT2D eigenvalue weighted by Crippen LogP contribution is 2.53. The van der Waals surface area contributed by atoms with E-state index >= 15 is 4.39 Å². The van der Waals surface area contributed by atoms with Crippen LogP contribution in [0.4, 0.5) is 4.39 Å². The van der Waals surface area contributed by atoms with Crippen LogP contribution in [0.1, 0.15) is 27.9 Å². The summed E-state index contributed by atoms with van der Waals surface area (Å²) in [6.45, 7) is 0.502. The smallest absolute Gasteiger partial charge is 0.255 e. The molecule has 10 nitrogen and oxygen atoms in total. The monoisotopic (exact) mass is 539 g/mol. The van der Waals surface area contributed by atoms with E-state index in [1.54, 1.807) is 32.3 Å². The summed E-state index contributed by atoms with van der Waals surface area (Å²) in [5.41, 5.74) is 1.79. The Kier molecular flexibility index (Phi) is 6.09. The summed E-state index contributed by atoms with van der Waals surface area (Å²) in [5, 5.41) is 45.3. The van der Waals surface area contributed by atoms with Gasteiger partial charge in [0.2, 0.25) is 5.78 Å². The normalized spacial score (nSPS) is 26.8. The number of carbonyl (C=O) groups excluding carboxylic acids is 3. The third-order valence-electron chi connectivity index (χ3n) is 8.19. The van der Waals surface area contributed by atoms with Crippen LogP contribution in [0, 0.1) is 17.7 Å². The zero-order chi connectivity index (χ0) is 28.7. The number of carbonyl (C=O) groups is 3. The van der Waals surface area contributed by atoms with E-state index in [0.717, 1.165) is 5.56 Å². The van der Waals surface area contributed by atoms with E-state index in [9.17, 15) is 34.8 Å². The van der Waals surface area contributed by atoms with Gasteiger partial charge in [0.25, 0.3) is 5.91 Å². The molecule has 0 unspecified atom stereocenters. The highest BCUT2D eigenvalue weighted by Gasteiger charge is 2.63. The number of allylic oxidation sites excluding steroid dienone is 1. The van der Waals surface area contributed by atoms with Crippen LogP contribution < -0.4 is 5.73 Å². The Bertz CT molecular complexity index is 1540. The zero-order valence-corrected chi connectivity index (χ0v) is 21.9. The number of phenols is 1. The predicted octanol–water partition coefficient (Wildman–Crippen LogP) is 1.47. The number of hydrogen-bond acceptors (Lipinski definition) is 9. The number of rotatable bonds is 4. The van der Waals surface area contributed by atoms with Crippen LogP contribution in [0.25, 0.3) is 10.8 Å².